The molecule has 3 heteroatoms. The van der Waals surface area contributed by atoms with E-state index in [0.717, 1.165) is 11.1 Å². The topological polar surface area (TPSA) is 30.7 Å². The van der Waals surface area contributed by atoms with Crippen molar-refractivity contribution in [1.82, 2.24) is 0 Å². The first-order valence-corrected chi connectivity index (χ1v) is 6.03. The quantitative estimate of drug-likeness (QED) is 0.448. The fourth-order valence-corrected chi connectivity index (χ4v) is 1.65. The zero-order chi connectivity index (χ0) is 13.4. The number of carbonyl (C=O) groups is 1. The summed E-state index contributed by atoms with van der Waals surface area (Å²) >= 11 is 0. The molecule has 0 spiro atoms. The van der Waals surface area contributed by atoms with Gasteiger partial charge in [-0.3, -0.25) is 4.79 Å². The summed E-state index contributed by atoms with van der Waals surface area (Å²) in [5, 5.41) is 0. The van der Waals surface area contributed by atoms with E-state index in [9.17, 15) is 4.79 Å². The molecule has 1 aromatic rings. The number of carbonyl (C=O) groups excluding carboxylic acids is 1. The highest BCUT2D eigenvalue weighted by Gasteiger charge is 2.15. The van der Waals surface area contributed by atoms with Gasteiger partial charge >= 0.3 is 5.97 Å². The smallest absolute Gasteiger partial charge is 0.336 e. The first-order chi connectivity index (χ1) is 8.72. The standard InChI is InChI=1S/C15H17NO2/c1-4-13(5-2)14(16-3)15(17)18-11-12-9-7-6-8-10-12/h6-10H,4-5,11H2,1-2H3. The van der Waals surface area contributed by atoms with Crippen molar-refractivity contribution in [3.63, 3.8) is 0 Å². The first-order valence-electron chi connectivity index (χ1n) is 6.03. The Labute approximate surface area is 108 Å². The largest absolute Gasteiger partial charge is 0.466 e. The molecule has 0 atom stereocenters. The molecular formula is C15H17NO2. The molecule has 0 heterocycles. The average Bonchev–Trinajstić information content (AvgIpc) is 2.43. The van der Waals surface area contributed by atoms with Gasteiger partial charge in [-0.15, -0.1) is 0 Å². The maximum Gasteiger partial charge on any atom is 0.336 e. The summed E-state index contributed by atoms with van der Waals surface area (Å²) in [6.07, 6.45) is 1.41. The maximum absolute atomic E-state index is 11.8. The second-order valence-corrected chi connectivity index (χ2v) is 3.83. The summed E-state index contributed by atoms with van der Waals surface area (Å²) in [6.45, 7) is 11.2. The van der Waals surface area contributed by atoms with Crippen LogP contribution in [-0.2, 0) is 16.1 Å². The van der Waals surface area contributed by atoms with E-state index in [-0.39, 0.29) is 12.3 Å². The predicted octanol–water partition coefficient (Wildman–Crippen LogP) is 3.72. The van der Waals surface area contributed by atoms with Crippen LogP contribution in [0.3, 0.4) is 0 Å². The van der Waals surface area contributed by atoms with Gasteiger partial charge in [0.2, 0.25) is 0 Å². The second-order valence-electron chi connectivity index (χ2n) is 3.83. The molecule has 0 aromatic heterocycles. The van der Waals surface area contributed by atoms with Gasteiger partial charge in [-0.2, -0.15) is 0 Å². The second kappa shape index (κ2) is 7.29. The van der Waals surface area contributed by atoms with Crippen LogP contribution in [0.2, 0.25) is 0 Å². The van der Waals surface area contributed by atoms with Crippen LogP contribution in [0.4, 0.5) is 0 Å². The van der Waals surface area contributed by atoms with Gasteiger partial charge in [0.1, 0.15) is 6.61 Å². The number of hydrogen-bond donors (Lipinski definition) is 0. The Hall–Kier alpha value is -2.08. The molecule has 0 N–H and O–H groups in total. The normalized spacial score (nSPS) is 9.39. The molecule has 3 nitrogen and oxygen atoms in total. The van der Waals surface area contributed by atoms with E-state index in [4.69, 9.17) is 11.3 Å². The molecule has 0 amide bonds. The highest BCUT2D eigenvalue weighted by molar-refractivity contribution is 5.91. The van der Waals surface area contributed by atoms with Gasteiger partial charge in [0.05, 0.1) is 6.57 Å². The van der Waals surface area contributed by atoms with Crippen LogP contribution < -0.4 is 0 Å². The van der Waals surface area contributed by atoms with Gasteiger partial charge in [0, 0.05) is 0 Å². The Balaban J connectivity index is 2.71. The van der Waals surface area contributed by atoms with E-state index >= 15 is 0 Å². The number of benzene rings is 1. The lowest BCUT2D eigenvalue weighted by Crippen LogP contribution is -2.08. The number of ether oxygens (including phenoxy) is 1. The van der Waals surface area contributed by atoms with Gasteiger partial charge in [-0.25, -0.2) is 4.85 Å². The monoisotopic (exact) mass is 243 g/mol. The third-order valence-corrected chi connectivity index (χ3v) is 2.71. The van der Waals surface area contributed by atoms with E-state index in [1.807, 2.05) is 44.2 Å². The molecule has 0 bridgehead atoms. The highest BCUT2D eigenvalue weighted by atomic mass is 16.5. The molecule has 0 aliphatic carbocycles. The number of rotatable bonds is 5. The zero-order valence-electron chi connectivity index (χ0n) is 10.8. The molecule has 0 saturated carbocycles. The van der Waals surface area contributed by atoms with Gasteiger partial charge in [0.25, 0.3) is 5.70 Å². The minimum Gasteiger partial charge on any atom is -0.466 e. The van der Waals surface area contributed by atoms with Crippen molar-refractivity contribution in [3.8, 4) is 0 Å². The Morgan fingerprint density at radius 2 is 1.83 bits per heavy atom. The van der Waals surface area contributed by atoms with E-state index in [0.29, 0.717) is 12.8 Å². The summed E-state index contributed by atoms with van der Waals surface area (Å²) in [5.74, 6) is -0.521. The number of esters is 1. The summed E-state index contributed by atoms with van der Waals surface area (Å²) in [5.41, 5.74) is 1.91. The molecule has 0 aliphatic heterocycles. The minimum absolute atomic E-state index is 0.135. The average molecular weight is 243 g/mol. The minimum atomic E-state index is -0.521. The third-order valence-electron chi connectivity index (χ3n) is 2.71. The lowest BCUT2D eigenvalue weighted by Gasteiger charge is -2.07. The molecule has 0 fully saturated rings. The van der Waals surface area contributed by atoms with Crippen LogP contribution in [-0.4, -0.2) is 5.97 Å². The molecule has 0 saturated heterocycles. The van der Waals surface area contributed by atoms with Crippen LogP contribution in [0.1, 0.15) is 32.3 Å². The van der Waals surface area contributed by atoms with Gasteiger partial charge < -0.3 is 4.74 Å². The van der Waals surface area contributed by atoms with Crippen molar-refractivity contribution in [2.24, 2.45) is 0 Å². The molecule has 18 heavy (non-hydrogen) atoms. The van der Waals surface area contributed by atoms with Gasteiger partial charge in [-0.05, 0) is 18.4 Å². The van der Waals surface area contributed by atoms with E-state index in [2.05, 4.69) is 4.85 Å². The molecule has 0 radical (unpaired) electrons. The van der Waals surface area contributed by atoms with Crippen LogP contribution >= 0.6 is 0 Å². The molecule has 1 rings (SSSR count). The lowest BCUT2D eigenvalue weighted by atomic mass is 10.1. The van der Waals surface area contributed by atoms with Crippen molar-refractivity contribution in [1.29, 1.82) is 0 Å². The number of nitrogens with zero attached hydrogens (tertiary/aromatic N) is 1. The molecule has 0 unspecified atom stereocenters. The number of allylic oxidation sites excluding steroid dienone is 1. The van der Waals surface area contributed by atoms with Crippen molar-refractivity contribution in [2.75, 3.05) is 0 Å². The summed E-state index contributed by atoms with van der Waals surface area (Å²) in [4.78, 5) is 15.1. The number of hydrogen-bond acceptors (Lipinski definition) is 2. The van der Waals surface area contributed by atoms with Crippen LogP contribution in [0.25, 0.3) is 4.85 Å². The SMILES string of the molecule is [C-]#[N+]C(C(=O)OCc1ccccc1)=C(CC)CC. The van der Waals surface area contributed by atoms with Gasteiger partial charge in [0.15, 0.2) is 0 Å². The molecule has 1 aromatic carbocycles. The van der Waals surface area contributed by atoms with Crippen molar-refractivity contribution < 1.29 is 9.53 Å². The summed E-state index contributed by atoms with van der Waals surface area (Å²) < 4.78 is 5.16. The Kier molecular flexibility index (Phi) is 5.66. The maximum atomic E-state index is 11.8. The Morgan fingerprint density at radius 1 is 1.22 bits per heavy atom. The summed E-state index contributed by atoms with van der Waals surface area (Å²) in [7, 11) is 0. The first kappa shape index (κ1) is 14.0. The van der Waals surface area contributed by atoms with Crippen LogP contribution in [0.5, 0.6) is 0 Å². The van der Waals surface area contributed by atoms with Crippen molar-refractivity contribution in [2.45, 2.75) is 33.3 Å². The van der Waals surface area contributed by atoms with Crippen molar-refractivity contribution in [3.05, 3.63) is 58.6 Å². The lowest BCUT2D eigenvalue weighted by molar-refractivity contribution is -0.140. The van der Waals surface area contributed by atoms with Crippen LogP contribution in [0.15, 0.2) is 41.6 Å². The summed E-state index contributed by atoms with van der Waals surface area (Å²) in [6, 6.07) is 9.45. The molecule has 0 aliphatic rings. The Morgan fingerprint density at radius 3 is 2.33 bits per heavy atom. The van der Waals surface area contributed by atoms with E-state index in [1.165, 1.54) is 0 Å². The zero-order valence-corrected chi connectivity index (χ0v) is 10.8. The molecule has 94 valence electrons. The Bertz CT molecular complexity index is 463. The van der Waals surface area contributed by atoms with Crippen LogP contribution in [0, 0.1) is 6.57 Å². The van der Waals surface area contributed by atoms with E-state index < -0.39 is 5.97 Å². The highest BCUT2D eigenvalue weighted by Crippen LogP contribution is 2.16. The molecular weight excluding hydrogens is 226 g/mol. The predicted molar refractivity (Wildman–Crippen MR) is 70.4 cm³/mol. The van der Waals surface area contributed by atoms with Gasteiger partial charge in [-0.1, -0.05) is 49.8 Å². The fourth-order valence-electron chi connectivity index (χ4n) is 1.65. The van der Waals surface area contributed by atoms with Crippen molar-refractivity contribution >= 4 is 5.97 Å². The third kappa shape index (κ3) is 3.74. The van der Waals surface area contributed by atoms with E-state index in [1.54, 1.807) is 0 Å². The fraction of sp³-hybridized carbons (Fsp3) is 0.333.